The average molecular weight is 548 g/mol. The Bertz CT molecular complexity index is 1320. The third kappa shape index (κ3) is 6.46. The number of anilines is 4. The van der Waals surface area contributed by atoms with E-state index in [4.69, 9.17) is 19.2 Å². The van der Waals surface area contributed by atoms with Crippen molar-refractivity contribution in [3.05, 3.63) is 48.3 Å². The highest BCUT2D eigenvalue weighted by Gasteiger charge is 2.25. The van der Waals surface area contributed by atoms with E-state index in [0.717, 1.165) is 18.9 Å². The SMILES string of the molecule is CCOc1c(C(C)=O)nc(-c2ccc(NC(=O)Nc3ccc(N4CCOCC4)nc3)cc2)nc1N1CCOCC1. The molecule has 0 radical (unpaired) electrons. The van der Waals surface area contributed by atoms with Crippen molar-refractivity contribution >= 4 is 34.8 Å². The number of Topliss-reactive ketones (excluding diaryl/α,β-unsaturated/α-hetero) is 1. The Kier molecular flexibility index (Phi) is 8.67. The maximum absolute atomic E-state index is 12.6. The summed E-state index contributed by atoms with van der Waals surface area (Å²) in [5.41, 5.74) is 2.11. The average Bonchev–Trinajstić information content (AvgIpc) is 2.99. The highest BCUT2D eigenvalue weighted by molar-refractivity contribution is 6.00. The number of nitrogens with zero attached hydrogens (tertiary/aromatic N) is 5. The van der Waals surface area contributed by atoms with Crippen molar-refractivity contribution in [1.29, 1.82) is 0 Å². The van der Waals surface area contributed by atoms with Crippen molar-refractivity contribution in [3.63, 3.8) is 0 Å². The summed E-state index contributed by atoms with van der Waals surface area (Å²) in [6.07, 6.45) is 1.63. The van der Waals surface area contributed by atoms with Gasteiger partial charge in [0.05, 0.1) is 44.9 Å². The van der Waals surface area contributed by atoms with Gasteiger partial charge in [0.1, 0.15) is 5.82 Å². The first-order chi connectivity index (χ1) is 19.5. The number of morpholine rings is 2. The first kappa shape index (κ1) is 27.3. The molecular formula is C28H33N7O5. The van der Waals surface area contributed by atoms with E-state index < -0.39 is 0 Å². The van der Waals surface area contributed by atoms with Crippen LogP contribution in [0.25, 0.3) is 11.4 Å². The van der Waals surface area contributed by atoms with Crippen molar-refractivity contribution < 1.29 is 23.8 Å². The van der Waals surface area contributed by atoms with Crippen LogP contribution < -0.4 is 25.2 Å². The lowest BCUT2D eigenvalue weighted by Gasteiger charge is -2.29. The number of carbonyl (C=O) groups is 2. The predicted molar refractivity (Wildman–Crippen MR) is 152 cm³/mol. The van der Waals surface area contributed by atoms with Crippen LogP contribution in [0.1, 0.15) is 24.3 Å². The maximum Gasteiger partial charge on any atom is 0.323 e. The van der Waals surface area contributed by atoms with E-state index in [9.17, 15) is 9.59 Å². The number of amides is 2. The molecule has 12 nitrogen and oxygen atoms in total. The molecule has 2 aliphatic heterocycles. The summed E-state index contributed by atoms with van der Waals surface area (Å²) in [5, 5.41) is 5.62. The molecule has 2 saturated heterocycles. The largest absolute Gasteiger partial charge is 0.488 e. The Morgan fingerprint density at radius 3 is 2.10 bits per heavy atom. The molecule has 4 heterocycles. The van der Waals surface area contributed by atoms with Crippen molar-refractivity contribution in [2.75, 3.05) is 79.6 Å². The van der Waals surface area contributed by atoms with E-state index in [0.29, 0.717) is 80.5 Å². The third-order valence-electron chi connectivity index (χ3n) is 6.52. The van der Waals surface area contributed by atoms with E-state index in [1.54, 1.807) is 30.5 Å². The fourth-order valence-corrected chi connectivity index (χ4v) is 4.51. The van der Waals surface area contributed by atoms with Crippen LogP contribution in [-0.4, -0.2) is 86.0 Å². The van der Waals surface area contributed by atoms with Gasteiger partial charge in [-0.3, -0.25) is 4.79 Å². The molecule has 0 saturated carbocycles. The smallest absolute Gasteiger partial charge is 0.323 e. The zero-order valence-electron chi connectivity index (χ0n) is 22.7. The number of nitrogens with one attached hydrogen (secondary N) is 2. The standard InChI is InChI=1S/C28H33N7O5/c1-3-40-25-24(19(2)36)32-26(33-27(25)35-12-16-39-17-13-35)20-4-6-21(7-5-20)30-28(37)31-22-8-9-23(29-18-22)34-10-14-38-15-11-34/h4-9,18H,3,10-17H2,1-2H3,(H2,30,31,37). The number of ketones is 1. The van der Waals surface area contributed by atoms with E-state index >= 15 is 0 Å². The van der Waals surface area contributed by atoms with Gasteiger partial charge in [0.15, 0.2) is 28.9 Å². The second kappa shape index (κ2) is 12.7. The topological polar surface area (TPSA) is 131 Å². The third-order valence-corrected chi connectivity index (χ3v) is 6.52. The van der Waals surface area contributed by atoms with Crippen molar-refractivity contribution in [3.8, 4) is 17.1 Å². The molecular weight excluding hydrogens is 514 g/mol. The summed E-state index contributed by atoms with van der Waals surface area (Å²) in [4.78, 5) is 43.1. The first-order valence-electron chi connectivity index (χ1n) is 13.4. The molecule has 0 spiro atoms. The molecule has 40 heavy (non-hydrogen) atoms. The monoisotopic (exact) mass is 547 g/mol. The number of pyridine rings is 1. The Morgan fingerprint density at radius 2 is 1.50 bits per heavy atom. The molecule has 0 atom stereocenters. The number of urea groups is 1. The Balaban J connectivity index is 1.29. The number of carbonyl (C=O) groups excluding carboxylic acids is 2. The molecule has 3 aromatic rings. The summed E-state index contributed by atoms with van der Waals surface area (Å²) in [6, 6.07) is 10.4. The van der Waals surface area contributed by atoms with Gasteiger partial charge in [0.25, 0.3) is 0 Å². The summed E-state index contributed by atoms with van der Waals surface area (Å²) in [5.74, 6) is 2.02. The van der Waals surface area contributed by atoms with Gasteiger partial charge < -0.3 is 34.6 Å². The molecule has 5 rings (SSSR count). The van der Waals surface area contributed by atoms with E-state index in [1.807, 2.05) is 19.1 Å². The van der Waals surface area contributed by atoms with Crippen LogP contribution in [0.15, 0.2) is 42.6 Å². The van der Waals surface area contributed by atoms with E-state index in [2.05, 4.69) is 30.4 Å². The zero-order chi connectivity index (χ0) is 27.9. The number of ether oxygens (including phenoxy) is 3. The molecule has 0 aliphatic carbocycles. The lowest BCUT2D eigenvalue weighted by atomic mass is 10.1. The first-order valence-corrected chi connectivity index (χ1v) is 13.4. The summed E-state index contributed by atoms with van der Waals surface area (Å²) in [7, 11) is 0. The van der Waals surface area contributed by atoms with Gasteiger partial charge in [0.2, 0.25) is 0 Å². The summed E-state index contributed by atoms with van der Waals surface area (Å²) < 4.78 is 16.7. The van der Waals surface area contributed by atoms with Crippen LogP contribution in [0, 0.1) is 0 Å². The second-order valence-corrected chi connectivity index (χ2v) is 9.30. The van der Waals surface area contributed by atoms with Crippen LogP contribution >= 0.6 is 0 Å². The Morgan fingerprint density at radius 1 is 0.875 bits per heavy atom. The molecule has 2 aliphatic rings. The molecule has 2 aromatic heterocycles. The minimum absolute atomic E-state index is 0.205. The normalized spacial score (nSPS) is 15.4. The number of rotatable bonds is 8. The van der Waals surface area contributed by atoms with E-state index in [-0.39, 0.29) is 17.5 Å². The van der Waals surface area contributed by atoms with Crippen LogP contribution in [0.4, 0.5) is 27.8 Å². The molecule has 1 aromatic carbocycles. The van der Waals surface area contributed by atoms with Crippen LogP contribution in [0.3, 0.4) is 0 Å². The van der Waals surface area contributed by atoms with Crippen molar-refractivity contribution in [2.45, 2.75) is 13.8 Å². The second-order valence-electron chi connectivity index (χ2n) is 9.30. The zero-order valence-corrected chi connectivity index (χ0v) is 22.7. The van der Waals surface area contributed by atoms with Crippen LogP contribution in [0.5, 0.6) is 5.75 Å². The molecule has 2 N–H and O–H groups in total. The molecule has 12 heteroatoms. The highest BCUT2D eigenvalue weighted by atomic mass is 16.5. The number of hydrogen-bond donors (Lipinski definition) is 2. The minimum Gasteiger partial charge on any atom is -0.488 e. The van der Waals surface area contributed by atoms with Crippen molar-refractivity contribution in [1.82, 2.24) is 15.0 Å². The lowest BCUT2D eigenvalue weighted by Crippen LogP contribution is -2.37. The fourth-order valence-electron chi connectivity index (χ4n) is 4.51. The molecule has 210 valence electrons. The molecule has 2 amide bonds. The maximum atomic E-state index is 12.6. The van der Waals surface area contributed by atoms with Gasteiger partial charge in [-0.2, -0.15) is 0 Å². The minimum atomic E-state index is -0.389. The Labute approximate surface area is 232 Å². The van der Waals surface area contributed by atoms with Gasteiger partial charge in [0, 0.05) is 44.4 Å². The highest BCUT2D eigenvalue weighted by Crippen LogP contribution is 2.33. The molecule has 0 unspecified atom stereocenters. The Hall–Kier alpha value is -4.29. The van der Waals surface area contributed by atoms with Crippen LogP contribution in [0.2, 0.25) is 0 Å². The number of benzene rings is 1. The lowest BCUT2D eigenvalue weighted by molar-refractivity contribution is 0.100. The van der Waals surface area contributed by atoms with Gasteiger partial charge in [-0.15, -0.1) is 0 Å². The van der Waals surface area contributed by atoms with Crippen LogP contribution in [-0.2, 0) is 9.47 Å². The quantitative estimate of drug-likeness (QED) is 0.404. The summed E-state index contributed by atoms with van der Waals surface area (Å²) in [6.45, 7) is 9.07. The number of aromatic nitrogens is 3. The molecule has 2 fully saturated rings. The van der Waals surface area contributed by atoms with Gasteiger partial charge in [-0.25, -0.2) is 19.7 Å². The van der Waals surface area contributed by atoms with E-state index in [1.165, 1.54) is 6.92 Å². The van der Waals surface area contributed by atoms with Gasteiger partial charge in [-0.05, 0) is 43.3 Å². The van der Waals surface area contributed by atoms with Crippen molar-refractivity contribution in [2.24, 2.45) is 0 Å². The predicted octanol–water partition coefficient (Wildman–Crippen LogP) is 3.46. The fraction of sp³-hybridized carbons (Fsp3) is 0.393. The van der Waals surface area contributed by atoms with Gasteiger partial charge >= 0.3 is 6.03 Å². The molecule has 0 bridgehead atoms. The number of hydrogen-bond acceptors (Lipinski definition) is 10. The summed E-state index contributed by atoms with van der Waals surface area (Å²) >= 11 is 0. The van der Waals surface area contributed by atoms with Gasteiger partial charge in [-0.1, -0.05) is 0 Å².